The Kier molecular flexibility index (Phi) is 5.80. The lowest BCUT2D eigenvalue weighted by Crippen LogP contribution is -2.01. The topological polar surface area (TPSA) is 44.4 Å². The summed E-state index contributed by atoms with van der Waals surface area (Å²) < 4.78 is 21.2. The molecular formula is C46H29NO3S. The Morgan fingerprint density at radius 3 is 1.65 bits per heavy atom. The molecule has 0 saturated carbocycles. The van der Waals surface area contributed by atoms with Gasteiger partial charge in [-0.15, -0.1) is 10.5 Å². The second-order valence-corrected chi connectivity index (χ2v) is 15.1. The smallest absolute Gasteiger partial charge is 0.139 e. The zero-order valence-corrected chi connectivity index (χ0v) is 28.5. The van der Waals surface area contributed by atoms with Crippen LogP contribution in [0.2, 0.25) is 0 Å². The summed E-state index contributed by atoms with van der Waals surface area (Å²) in [6.45, 7) is 7.90. The lowest BCUT2D eigenvalue weighted by atomic mass is 9.99. The molecule has 1 aliphatic rings. The summed E-state index contributed by atoms with van der Waals surface area (Å²) in [5, 5.41) is 11.5. The minimum atomic E-state index is 0.151. The minimum Gasteiger partial charge on any atom is -0.456 e. The molecule has 242 valence electrons. The first-order valence-corrected chi connectivity index (χ1v) is 18.6. The average Bonchev–Trinajstić information content (AvgIpc) is 3.91. The van der Waals surface area contributed by atoms with Crippen LogP contribution < -0.4 is 0 Å². The molecule has 10 aromatic rings. The fraction of sp³-hybridized carbons (Fsp3) is 0.0217. The van der Waals surface area contributed by atoms with Crippen molar-refractivity contribution < 1.29 is 13.3 Å². The molecule has 0 saturated heterocycles. The molecule has 5 heterocycles. The van der Waals surface area contributed by atoms with Gasteiger partial charge in [0.05, 0.1) is 16.1 Å². The Balaban J connectivity index is 1.05. The lowest BCUT2D eigenvalue weighted by molar-refractivity contribution is 0.603. The molecule has 4 aromatic heterocycles. The van der Waals surface area contributed by atoms with Crippen molar-refractivity contribution in [2.75, 3.05) is 6.26 Å². The van der Waals surface area contributed by atoms with Gasteiger partial charge in [-0.3, -0.25) is 0 Å². The van der Waals surface area contributed by atoms with Crippen LogP contribution >= 0.6 is 10.5 Å². The van der Waals surface area contributed by atoms with E-state index in [0.29, 0.717) is 0 Å². The van der Waals surface area contributed by atoms with Gasteiger partial charge in [0.2, 0.25) is 0 Å². The van der Waals surface area contributed by atoms with Crippen LogP contribution in [0.4, 0.5) is 0 Å². The second-order valence-electron chi connectivity index (χ2n) is 13.3. The molecule has 0 fully saturated rings. The molecule has 0 aliphatic carbocycles. The number of allylic oxidation sites excluding steroid dienone is 1. The molecule has 1 aliphatic heterocycles. The number of hydrogen-bond donors (Lipinski definition) is 0. The van der Waals surface area contributed by atoms with Gasteiger partial charge in [-0.2, -0.15) is 0 Å². The molecule has 0 radical (unpaired) electrons. The van der Waals surface area contributed by atoms with E-state index in [1.807, 2.05) is 18.2 Å². The highest BCUT2D eigenvalue weighted by Crippen LogP contribution is 2.43. The van der Waals surface area contributed by atoms with Crippen LogP contribution in [-0.4, -0.2) is 16.2 Å². The van der Waals surface area contributed by atoms with Gasteiger partial charge < -0.3 is 17.8 Å². The van der Waals surface area contributed by atoms with Crippen LogP contribution in [0.5, 0.6) is 0 Å². The summed E-state index contributed by atoms with van der Waals surface area (Å²) in [5.74, 6) is 0.733. The van der Waals surface area contributed by atoms with Crippen molar-refractivity contribution in [2.45, 2.75) is 0 Å². The highest BCUT2D eigenvalue weighted by atomic mass is 32.2. The minimum absolute atomic E-state index is 0.151. The van der Waals surface area contributed by atoms with Crippen LogP contribution in [0.25, 0.3) is 116 Å². The molecule has 51 heavy (non-hydrogen) atoms. The van der Waals surface area contributed by atoms with E-state index in [4.69, 9.17) is 13.3 Å². The number of para-hydroxylation sites is 1. The van der Waals surface area contributed by atoms with Crippen molar-refractivity contribution in [1.82, 2.24) is 4.57 Å². The first-order chi connectivity index (χ1) is 25.1. The fourth-order valence-electron chi connectivity index (χ4n) is 7.96. The molecule has 6 aromatic carbocycles. The maximum Gasteiger partial charge on any atom is 0.139 e. The number of hydrogen-bond acceptors (Lipinski definition) is 3. The van der Waals surface area contributed by atoms with Crippen molar-refractivity contribution >= 4 is 110 Å². The zero-order chi connectivity index (χ0) is 34.0. The summed E-state index contributed by atoms with van der Waals surface area (Å²) in [6.07, 6.45) is 8.10. The number of rotatable bonds is 5. The van der Waals surface area contributed by atoms with Gasteiger partial charge in [0.1, 0.15) is 33.7 Å². The van der Waals surface area contributed by atoms with E-state index in [0.717, 1.165) is 82.9 Å². The summed E-state index contributed by atoms with van der Waals surface area (Å²) in [5.41, 5.74) is 12.1. The van der Waals surface area contributed by atoms with Crippen molar-refractivity contribution in [3.8, 4) is 22.3 Å². The highest BCUT2D eigenvalue weighted by Gasteiger charge is 2.19. The standard InChI is InChI=1S/C46H29NO3S/c1-4-30-33-21-27(11-15-41(33)48-40(30)5-2)29-13-17-43-35(23-29)37-24-36-34-22-28(12-16-42(34)49-44(36)25-45(37)50-43)26-10-14-39-32(20-26)31-8-6-7-9-38(31)47(39)46-18-19-51(46)3/h4-25H,1-2H2,3H3. The maximum atomic E-state index is 6.41. The maximum absolute atomic E-state index is 6.41. The zero-order valence-electron chi connectivity index (χ0n) is 27.7. The summed E-state index contributed by atoms with van der Waals surface area (Å²) >= 11 is 0. The third-order valence-corrected chi connectivity index (χ3v) is 12.0. The number of furan rings is 3. The van der Waals surface area contributed by atoms with E-state index in [2.05, 4.69) is 132 Å². The molecule has 11 rings (SSSR count). The van der Waals surface area contributed by atoms with Gasteiger partial charge in [-0.25, -0.2) is 0 Å². The monoisotopic (exact) mass is 675 g/mol. The van der Waals surface area contributed by atoms with Crippen LogP contribution in [0.1, 0.15) is 11.3 Å². The van der Waals surface area contributed by atoms with E-state index in [-0.39, 0.29) is 10.5 Å². The number of aromatic nitrogens is 1. The molecule has 4 nitrogen and oxygen atoms in total. The average molecular weight is 676 g/mol. The van der Waals surface area contributed by atoms with E-state index in [1.54, 1.807) is 6.08 Å². The first kappa shape index (κ1) is 28.5. The number of fused-ring (bicyclic) bond motifs is 10. The van der Waals surface area contributed by atoms with Crippen molar-refractivity contribution in [3.05, 3.63) is 140 Å². The van der Waals surface area contributed by atoms with Crippen molar-refractivity contribution in [3.63, 3.8) is 0 Å². The molecule has 1 unspecified atom stereocenters. The summed E-state index contributed by atoms with van der Waals surface area (Å²) in [7, 11) is 0.151. The largest absolute Gasteiger partial charge is 0.456 e. The summed E-state index contributed by atoms with van der Waals surface area (Å²) in [4.78, 5) is 0. The van der Waals surface area contributed by atoms with E-state index >= 15 is 0 Å². The molecule has 0 spiro atoms. The Morgan fingerprint density at radius 1 is 0.510 bits per heavy atom. The predicted octanol–water partition coefficient (Wildman–Crippen LogP) is 13.5. The molecular weight excluding hydrogens is 647 g/mol. The van der Waals surface area contributed by atoms with Gasteiger partial charge in [-0.1, -0.05) is 61.7 Å². The third kappa shape index (κ3) is 4.01. The Morgan fingerprint density at radius 2 is 1.06 bits per heavy atom. The molecule has 0 N–H and O–H groups in total. The SMILES string of the molecule is C=Cc1oc2ccc(-c3ccc4oc5cc6oc7ccc(-c8ccc9c(c8)c8ccccc8n9C8=CC=S8C)cc7c6cc5c4c3)cc2c1C=C. The molecule has 0 bridgehead atoms. The van der Waals surface area contributed by atoms with Crippen LogP contribution in [0, 0.1) is 0 Å². The number of nitrogens with zero attached hydrogens (tertiary/aromatic N) is 1. The van der Waals surface area contributed by atoms with Gasteiger partial charge in [-0.05, 0) is 107 Å². The van der Waals surface area contributed by atoms with Gasteiger partial charge in [0.25, 0.3) is 0 Å². The first-order valence-electron chi connectivity index (χ1n) is 16.9. The highest BCUT2D eigenvalue weighted by molar-refractivity contribution is 8.23. The number of benzene rings is 6. The molecule has 5 heteroatoms. The van der Waals surface area contributed by atoms with Crippen LogP contribution in [0.15, 0.2) is 142 Å². The van der Waals surface area contributed by atoms with Crippen LogP contribution in [0.3, 0.4) is 0 Å². The fourth-order valence-corrected chi connectivity index (χ4v) is 8.97. The van der Waals surface area contributed by atoms with E-state index in [9.17, 15) is 0 Å². The van der Waals surface area contributed by atoms with E-state index < -0.39 is 0 Å². The molecule has 0 amide bonds. The Labute approximate surface area is 294 Å². The third-order valence-electron chi connectivity index (χ3n) is 10.5. The second kappa shape index (κ2) is 10.4. The molecule has 1 atom stereocenters. The quantitative estimate of drug-likeness (QED) is 0.171. The lowest BCUT2D eigenvalue weighted by Gasteiger charge is -2.19. The predicted molar refractivity (Wildman–Crippen MR) is 219 cm³/mol. The van der Waals surface area contributed by atoms with Crippen LogP contribution in [-0.2, 0) is 0 Å². The van der Waals surface area contributed by atoms with Gasteiger partial charge in [0, 0.05) is 49.3 Å². The van der Waals surface area contributed by atoms with Crippen molar-refractivity contribution in [1.29, 1.82) is 0 Å². The normalized spacial score (nSPS) is 14.6. The van der Waals surface area contributed by atoms with Gasteiger partial charge >= 0.3 is 0 Å². The van der Waals surface area contributed by atoms with Crippen molar-refractivity contribution in [2.24, 2.45) is 0 Å². The Hall–Kier alpha value is -6.30. The Bertz CT molecular complexity index is 3250. The van der Waals surface area contributed by atoms with E-state index in [1.165, 1.54) is 32.4 Å². The van der Waals surface area contributed by atoms with Gasteiger partial charge in [0.15, 0.2) is 0 Å². The summed E-state index contributed by atoms with van der Waals surface area (Å²) in [6, 6.07) is 39.0.